The minimum Gasteiger partial charge on any atom is -0.496 e. The van der Waals surface area contributed by atoms with E-state index in [1.54, 1.807) is 37.7 Å². The first-order valence-corrected chi connectivity index (χ1v) is 9.82. The van der Waals surface area contributed by atoms with E-state index in [0.29, 0.717) is 42.2 Å². The molecule has 1 aliphatic rings. The van der Waals surface area contributed by atoms with Crippen molar-refractivity contribution in [3.8, 4) is 5.75 Å². The third kappa shape index (κ3) is 3.81. The van der Waals surface area contributed by atoms with Gasteiger partial charge in [0, 0.05) is 54.9 Å². The number of nitrogens with one attached hydrogen (secondary N) is 1. The molecule has 0 radical (unpaired) electrons. The maximum atomic E-state index is 13.3. The number of pyridine rings is 1. The molecule has 0 saturated carbocycles. The van der Waals surface area contributed by atoms with Gasteiger partial charge in [-0.05, 0) is 18.6 Å². The highest BCUT2D eigenvalue weighted by Crippen LogP contribution is 2.32. The SMILES string of the molecule is C=C/C=C(\C=C)C(=C)N1CCN(C(=O)C(=C)c2c[nH]c3nccc(OC)c23)[C@H](C)C1. The Morgan fingerprint density at radius 3 is 2.73 bits per heavy atom. The van der Waals surface area contributed by atoms with Crippen molar-refractivity contribution in [3.63, 3.8) is 0 Å². The van der Waals surface area contributed by atoms with Crippen LogP contribution in [0.2, 0.25) is 0 Å². The maximum absolute atomic E-state index is 13.3. The van der Waals surface area contributed by atoms with Crippen LogP contribution >= 0.6 is 0 Å². The first-order valence-electron chi connectivity index (χ1n) is 9.82. The Balaban J connectivity index is 1.78. The molecule has 1 N–H and O–H groups in total. The largest absolute Gasteiger partial charge is 0.496 e. The number of piperazine rings is 1. The van der Waals surface area contributed by atoms with Crippen molar-refractivity contribution in [1.82, 2.24) is 19.8 Å². The third-order valence-electron chi connectivity index (χ3n) is 5.46. The molecule has 0 aliphatic carbocycles. The van der Waals surface area contributed by atoms with Gasteiger partial charge in [-0.15, -0.1) is 0 Å². The molecule has 6 nitrogen and oxygen atoms in total. The summed E-state index contributed by atoms with van der Waals surface area (Å²) in [6, 6.07) is 1.78. The molecule has 3 heterocycles. The zero-order valence-corrected chi connectivity index (χ0v) is 17.6. The highest BCUT2D eigenvalue weighted by Gasteiger charge is 2.30. The van der Waals surface area contributed by atoms with Gasteiger partial charge >= 0.3 is 0 Å². The van der Waals surface area contributed by atoms with Gasteiger partial charge in [0.05, 0.1) is 12.5 Å². The van der Waals surface area contributed by atoms with E-state index in [1.165, 1.54) is 0 Å². The van der Waals surface area contributed by atoms with E-state index in [9.17, 15) is 4.79 Å². The summed E-state index contributed by atoms with van der Waals surface area (Å²) in [5.41, 5.74) is 3.61. The minimum atomic E-state index is -0.0925. The van der Waals surface area contributed by atoms with Crippen molar-refractivity contribution in [2.45, 2.75) is 13.0 Å². The summed E-state index contributed by atoms with van der Waals surface area (Å²) in [6.45, 7) is 19.9. The molecule has 1 fully saturated rings. The number of H-pyrrole nitrogens is 1. The van der Waals surface area contributed by atoms with Crippen LogP contribution in [0.1, 0.15) is 12.5 Å². The lowest BCUT2D eigenvalue weighted by molar-refractivity contribution is -0.128. The van der Waals surface area contributed by atoms with Gasteiger partial charge in [-0.3, -0.25) is 4.79 Å². The fourth-order valence-corrected chi connectivity index (χ4v) is 3.82. The van der Waals surface area contributed by atoms with Gasteiger partial charge in [0.15, 0.2) is 0 Å². The summed E-state index contributed by atoms with van der Waals surface area (Å²) in [7, 11) is 1.60. The second-order valence-corrected chi connectivity index (χ2v) is 7.22. The first-order chi connectivity index (χ1) is 14.4. The number of fused-ring (bicyclic) bond motifs is 1. The molecule has 0 spiro atoms. The number of amides is 1. The lowest BCUT2D eigenvalue weighted by atomic mass is 10.0. The van der Waals surface area contributed by atoms with Crippen molar-refractivity contribution >= 4 is 22.5 Å². The lowest BCUT2D eigenvalue weighted by Gasteiger charge is -2.42. The Kier molecular flexibility index (Phi) is 6.26. The normalized spacial score (nSPS) is 17.0. The molecular formula is C24H28N4O2. The molecule has 0 unspecified atom stereocenters. The van der Waals surface area contributed by atoms with Crippen molar-refractivity contribution in [2.24, 2.45) is 0 Å². The van der Waals surface area contributed by atoms with E-state index in [0.717, 1.165) is 16.7 Å². The molecule has 0 bridgehead atoms. The number of aromatic amines is 1. The molecule has 1 atom stereocenters. The molecule has 0 aromatic carbocycles. The molecule has 2 aromatic heterocycles. The number of rotatable bonds is 7. The fourth-order valence-electron chi connectivity index (χ4n) is 3.82. The number of hydrogen-bond acceptors (Lipinski definition) is 4. The van der Waals surface area contributed by atoms with Crippen LogP contribution in [0, 0.1) is 0 Å². The maximum Gasteiger partial charge on any atom is 0.254 e. The number of hydrogen-bond donors (Lipinski definition) is 1. The number of allylic oxidation sites excluding steroid dienone is 3. The standard InChI is InChI=1S/C24H28N4O2/c1-7-9-19(8-2)18(5)27-12-13-28(16(3)15-27)24(29)17(4)20-14-26-23-22(20)21(30-6)10-11-25-23/h7-11,14,16H,1-2,4-5,12-13,15H2,3,6H3,(H,25,26)/b19-9+/t16-/m1/s1. The van der Waals surface area contributed by atoms with Crippen LogP contribution in [0.25, 0.3) is 16.6 Å². The van der Waals surface area contributed by atoms with Gasteiger partial charge < -0.3 is 19.5 Å². The number of carbonyl (C=O) groups excluding carboxylic acids is 1. The highest BCUT2D eigenvalue weighted by molar-refractivity contribution is 6.22. The summed E-state index contributed by atoms with van der Waals surface area (Å²) >= 11 is 0. The number of methoxy groups -OCH3 is 1. The summed E-state index contributed by atoms with van der Waals surface area (Å²) in [6.07, 6.45) is 8.81. The number of ether oxygens (including phenoxy) is 1. The topological polar surface area (TPSA) is 61.5 Å². The predicted octanol–water partition coefficient (Wildman–Crippen LogP) is 3.93. The minimum absolute atomic E-state index is 0.000210. The molecule has 30 heavy (non-hydrogen) atoms. The van der Waals surface area contributed by atoms with Gasteiger partial charge in [0.2, 0.25) is 0 Å². The second-order valence-electron chi connectivity index (χ2n) is 7.22. The van der Waals surface area contributed by atoms with Gasteiger partial charge in [-0.1, -0.05) is 44.5 Å². The Labute approximate surface area is 177 Å². The van der Waals surface area contributed by atoms with Crippen molar-refractivity contribution < 1.29 is 9.53 Å². The van der Waals surface area contributed by atoms with Crippen molar-refractivity contribution in [3.05, 3.63) is 79.8 Å². The number of nitrogens with zero attached hydrogens (tertiary/aromatic N) is 3. The van der Waals surface area contributed by atoms with Crippen LogP contribution in [0.15, 0.2) is 74.3 Å². The molecular weight excluding hydrogens is 376 g/mol. The van der Waals surface area contributed by atoms with E-state index in [1.807, 2.05) is 17.9 Å². The third-order valence-corrected chi connectivity index (χ3v) is 5.46. The quantitative estimate of drug-likeness (QED) is 0.561. The van der Waals surface area contributed by atoms with Crippen molar-refractivity contribution in [1.29, 1.82) is 0 Å². The lowest BCUT2D eigenvalue weighted by Crippen LogP contribution is -2.53. The first kappa shape index (κ1) is 21.2. The van der Waals surface area contributed by atoms with Crippen LogP contribution in [0.5, 0.6) is 5.75 Å². The molecule has 3 rings (SSSR count). The molecule has 156 valence electrons. The average Bonchev–Trinajstić information content (AvgIpc) is 3.20. The average molecular weight is 405 g/mol. The summed E-state index contributed by atoms with van der Waals surface area (Å²) < 4.78 is 5.45. The smallest absolute Gasteiger partial charge is 0.254 e. The fraction of sp³-hybridized carbons (Fsp3) is 0.250. The summed E-state index contributed by atoms with van der Waals surface area (Å²) in [5, 5.41) is 0.767. The Morgan fingerprint density at radius 2 is 2.10 bits per heavy atom. The van der Waals surface area contributed by atoms with Gasteiger partial charge in [-0.25, -0.2) is 4.98 Å². The summed E-state index contributed by atoms with van der Waals surface area (Å²) in [5.74, 6) is 0.565. The number of aromatic nitrogens is 2. The molecule has 1 aliphatic heterocycles. The monoisotopic (exact) mass is 404 g/mol. The van der Waals surface area contributed by atoms with Crippen LogP contribution in [-0.2, 0) is 4.79 Å². The van der Waals surface area contributed by atoms with Gasteiger partial charge in [-0.2, -0.15) is 0 Å². The van der Waals surface area contributed by atoms with E-state index in [-0.39, 0.29) is 11.9 Å². The van der Waals surface area contributed by atoms with Crippen LogP contribution in [0.4, 0.5) is 0 Å². The van der Waals surface area contributed by atoms with E-state index in [2.05, 4.69) is 41.2 Å². The predicted molar refractivity (Wildman–Crippen MR) is 122 cm³/mol. The Morgan fingerprint density at radius 1 is 1.33 bits per heavy atom. The Bertz CT molecular complexity index is 1050. The van der Waals surface area contributed by atoms with E-state index in [4.69, 9.17) is 4.74 Å². The molecule has 2 aromatic rings. The van der Waals surface area contributed by atoms with Crippen LogP contribution in [-0.4, -0.2) is 58.5 Å². The summed E-state index contributed by atoms with van der Waals surface area (Å²) in [4.78, 5) is 24.7. The zero-order chi connectivity index (χ0) is 21.8. The second kappa shape index (κ2) is 8.86. The number of carbonyl (C=O) groups is 1. The molecule has 6 heteroatoms. The highest BCUT2D eigenvalue weighted by atomic mass is 16.5. The van der Waals surface area contributed by atoms with Crippen LogP contribution in [0.3, 0.4) is 0 Å². The van der Waals surface area contributed by atoms with Gasteiger partial charge in [0.25, 0.3) is 5.91 Å². The van der Waals surface area contributed by atoms with E-state index >= 15 is 0 Å². The van der Waals surface area contributed by atoms with Gasteiger partial charge in [0.1, 0.15) is 11.4 Å². The molecule has 1 amide bonds. The zero-order valence-electron chi connectivity index (χ0n) is 17.6. The Hall–Kier alpha value is -3.54. The van der Waals surface area contributed by atoms with E-state index < -0.39 is 0 Å². The molecule has 1 saturated heterocycles. The van der Waals surface area contributed by atoms with Crippen LogP contribution < -0.4 is 4.74 Å². The van der Waals surface area contributed by atoms with Crippen molar-refractivity contribution in [2.75, 3.05) is 26.7 Å².